The fraction of sp³-hybridized carbons (Fsp3) is 0.345. The number of piperazine rings is 1. The predicted molar refractivity (Wildman–Crippen MR) is 150 cm³/mol. The van der Waals surface area contributed by atoms with E-state index in [0.29, 0.717) is 34.4 Å². The van der Waals surface area contributed by atoms with Crippen LogP contribution < -0.4 is 4.90 Å². The second kappa shape index (κ2) is 10.9. The van der Waals surface area contributed by atoms with Crippen LogP contribution in [-0.4, -0.2) is 103 Å². The van der Waals surface area contributed by atoms with E-state index in [4.69, 9.17) is 4.98 Å². The van der Waals surface area contributed by atoms with Crippen molar-refractivity contribution in [3.63, 3.8) is 0 Å². The standard InChI is InChI=1S/C29H34FN7O/c1-34(2)11-14-36(4)29(38)21-7-10-23(25(30)17-21)24-18-31-28-27(24)33-26(19-32-28)20-5-8-22(9-6-20)37-15-12-35(3)13-16-37/h5-10,17-19H,11-16H2,1-4H3,(H,31,32). The van der Waals surface area contributed by atoms with E-state index in [1.54, 1.807) is 36.5 Å². The molecule has 9 heteroatoms. The number of carbonyl (C=O) groups is 1. The molecule has 1 saturated heterocycles. The first-order valence-corrected chi connectivity index (χ1v) is 12.9. The number of hydrogen-bond acceptors (Lipinski definition) is 6. The third-order valence-corrected chi connectivity index (χ3v) is 7.15. The number of anilines is 1. The number of rotatable bonds is 7. The number of carbonyl (C=O) groups excluding carboxylic acids is 1. The van der Waals surface area contributed by atoms with Crippen LogP contribution in [0.4, 0.5) is 10.1 Å². The quantitative estimate of drug-likeness (QED) is 0.404. The molecule has 0 bridgehead atoms. The molecule has 0 atom stereocenters. The number of nitrogens with one attached hydrogen (secondary N) is 1. The van der Waals surface area contributed by atoms with Gasteiger partial charge in [-0.3, -0.25) is 4.79 Å². The molecule has 0 aliphatic carbocycles. The number of amides is 1. The monoisotopic (exact) mass is 515 g/mol. The minimum absolute atomic E-state index is 0.210. The number of benzene rings is 2. The van der Waals surface area contributed by atoms with E-state index in [2.05, 4.69) is 51.1 Å². The van der Waals surface area contributed by atoms with Crippen LogP contribution in [0.5, 0.6) is 0 Å². The molecule has 1 aliphatic rings. The highest BCUT2D eigenvalue weighted by atomic mass is 19.1. The maximum atomic E-state index is 15.3. The molecule has 2 aromatic heterocycles. The first-order chi connectivity index (χ1) is 18.3. The lowest BCUT2D eigenvalue weighted by Crippen LogP contribution is -2.44. The van der Waals surface area contributed by atoms with Gasteiger partial charge in [-0.15, -0.1) is 0 Å². The number of hydrogen-bond donors (Lipinski definition) is 1. The Morgan fingerprint density at radius 2 is 1.74 bits per heavy atom. The third-order valence-electron chi connectivity index (χ3n) is 7.15. The molecule has 0 spiro atoms. The van der Waals surface area contributed by atoms with Gasteiger partial charge in [0, 0.05) is 80.5 Å². The highest BCUT2D eigenvalue weighted by molar-refractivity contribution is 5.96. The number of H-pyrrole nitrogens is 1. The van der Waals surface area contributed by atoms with Gasteiger partial charge in [0.05, 0.1) is 11.9 Å². The number of aromatic amines is 1. The summed E-state index contributed by atoms with van der Waals surface area (Å²) in [6, 6.07) is 13.0. The smallest absolute Gasteiger partial charge is 0.253 e. The molecule has 4 aromatic rings. The number of likely N-dealkylation sites (N-methyl/N-ethyl adjacent to an activating group) is 3. The van der Waals surface area contributed by atoms with Gasteiger partial charge in [-0.05, 0) is 45.4 Å². The van der Waals surface area contributed by atoms with E-state index in [-0.39, 0.29) is 5.91 Å². The van der Waals surface area contributed by atoms with Crippen LogP contribution in [-0.2, 0) is 0 Å². The summed E-state index contributed by atoms with van der Waals surface area (Å²) in [6.45, 7) is 5.43. The second-order valence-electron chi connectivity index (χ2n) is 10.2. The van der Waals surface area contributed by atoms with Gasteiger partial charge in [-0.25, -0.2) is 14.4 Å². The van der Waals surface area contributed by atoms with Crippen molar-refractivity contribution in [2.24, 2.45) is 0 Å². The molecule has 2 aromatic carbocycles. The van der Waals surface area contributed by atoms with Gasteiger partial charge >= 0.3 is 0 Å². The molecule has 0 saturated carbocycles. The van der Waals surface area contributed by atoms with E-state index in [9.17, 15) is 4.79 Å². The van der Waals surface area contributed by atoms with Crippen LogP contribution in [0, 0.1) is 5.82 Å². The Bertz CT molecular complexity index is 1420. The van der Waals surface area contributed by atoms with Crippen molar-refractivity contribution in [2.45, 2.75) is 0 Å². The Morgan fingerprint density at radius 3 is 2.42 bits per heavy atom. The zero-order valence-corrected chi connectivity index (χ0v) is 22.4. The highest BCUT2D eigenvalue weighted by Gasteiger charge is 2.19. The summed E-state index contributed by atoms with van der Waals surface area (Å²) in [5, 5.41) is 0. The first-order valence-electron chi connectivity index (χ1n) is 12.9. The van der Waals surface area contributed by atoms with E-state index in [1.807, 2.05) is 19.0 Å². The van der Waals surface area contributed by atoms with E-state index in [0.717, 1.165) is 44.0 Å². The Kier molecular flexibility index (Phi) is 7.40. The molecule has 38 heavy (non-hydrogen) atoms. The Labute approximate surface area is 222 Å². The normalized spacial score (nSPS) is 14.4. The van der Waals surface area contributed by atoms with Crippen LogP contribution >= 0.6 is 0 Å². The van der Waals surface area contributed by atoms with Crippen molar-refractivity contribution >= 4 is 22.8 Å². The van der Waals surface area contributed by atoms with Crippen LogP contribution in [0.2, 0.25) is 0 Å². The molecule has 1 aliphatic heterocycles. The van der Waals surface area contributed by atoms with Gasteiger partial charge in [0.1, 0.15) is 11.3 Å². The summed E-state index contributed by atoms with van der Waals surface area (Å²) in [4.78, 5) is 33.6. The van der Waals surface area contributed by atoms with Crippen LogP contribution in [0.1, 0.15) is 10.4 Å². The van der Waals surface area contributed by atoms with Gasteiger partial charge < -0.3 is 24.6 Å². The molecular formula is C29H34FN7O. The average Bonchev–Trinajstić information content (AvgIpc) is 3.35. The van der Waals surface area contributed by atoms with Crippen LogP contribution in [0.25, 0.3) is 33.5 Å². The molecule has 1 amide bonds. The molecule has 3 heterocycles. The first kappa shape index (κ1) is 25.8. The summed E-state index contributed by atoms with van der Waals surface area (Å²) in [5.41, 5.74) is 5.35. The van der Waals surface area contributed by atoms with Crippen molar-refractivity contribution < 1.29 is 9.18 Å². The molecule has 0 unspecified atom stereocenters. The predicted octanol–water partition coefficient (Wildman–Crippen LogP) is 3.82. The molecule has 198 valence electrons. The van der Waals surface area contributed by atoms with Gasteiger partial charge in [-0.1, -0.05) is 18.2 Å². The van der Waals surface area contributed by atoms with Crippen molar-refractivity contribution in [1.29, 1.82) is 0 Å². The van der Waals surface area contributed by atoms with Crippen molar-refractivity contribution in [1.82, 2.24) is 29.7 Å². The summed E-state index contributed by atoms with van der Waals surface area (Å²) < 4.78 is 15.3. The lowest BCUT2D eigenvalue weighted by molar-refractivity contribution is 0.0786. The maximum absolute atomic E-state index is 15.3. The topological polar surface area (TPSA) is 71.6 Å². The Balaban J connectivity index is 1.38. The molecular weight excluding hydrogens is 481 g/mol. The fourth-order valence-electron chi connectivity index (χ4n) is 4.68. The van der Waals surface area contributed by atoms with E-state index >= 15 is 4.39 Å². The summed E-state index contributed by atoms with van der Waals surface area (Å²) >= 11 is 0. The van der Waals surface area contributed by atoms with E-state index in [1.165, 1.54) is 11.8 Å². The lowest BCUT2D eigenvalue weighted by Gasteiger charge is -2.34. The van der Waals surface area contributed by atoms with Gasteiger partial charge in [0.15, 0.2) is 5.65 Å². The minimum atomic E-state index is -0.471. The fourth-order valence-corrected chi connectivity index (χ4v) is 4.68. The third kappa shape index (κ3) is 5.39. The average molecular weight is 516 g/mol. The van der Waals surface area contributed by atoms with Gasteiger partial charge in [-0.2, -0.15) is 0 Å². The van der Waals surface area contributed by atoms with Crippen molar-refractivity contribution in [3.05, 3.63) is 66.2 Å². The van der Waals surface area contributed by atoms with Gasteiger partial charge in [0.2, 0.25) is 0 Å². The van der Waals surface area contributed by atoms with E-state index < -0.39 is 5.82 Å². The molecule has 8 nitrogen and oxygen atoms in total. The molecule has 1 fully saturated rings. The Morgan fingerprint density at radius 1 is 1.00 bits per heavy atom. The van der Waals surface area contributed by atoms with Crippen molar-refractivity contribution in [3.8, 4) is 22.4 Å². The molecule has 5 rings (SSSR count). The second-order valence-corrected chi connectivity index (χ2v) is 10.2. The molecule has 1 N–H and O–H groups in total. The number of aromatic nitrogens is 3. The van der Waals surface area contributed by atoms with Crippen LogP contribution in [0.3, 0.4) is 0 Å². The minimum Gasteiger partial charge on any atom is -0.369 e. The Hall–Kier alpha value is -3.82. The lowest BCUT2D eigenvalue weighted by atomic mass is 10.0. The van der Waals surface area contributed by atoms with Crippen LogP contribution in [0.15, 0.2) is 54.9 Å². The zero-order chi connectivity index (χ0) is 26.8. The SMILES string of the molecule is CN(C)CCN(C)C(=O)c1ccc(-c2c[nH]c3ncc(-c4ccc(N5CCN(C)CC5)cc4)nc23)c(F)c1. The summed E-state index contributed by atoms with van der Waals surface area (Å²) in [6.07, 6.45) is 3.45. The molecule has 0 radical (unpaired) electrons. The number of nitrogens with zero attached hydrogens (tertiary/aromatic N) is 6. The maximum Gasteiger partial charge on any atom is 0.253 e. The summed E-state index contributed by atoms with van der Waals surface area (Å²) in [5.74, 6) is -0.681. The zero-order valence-electron chi connectivity index (χ0n) is 22.4. The van der Waals surface area contributed by atoms with Crippen molar-refractivity contribution in [2.75, 3.05) is 72.4 Å². The number of fused-ring (bicyclic) bond motifs is 1. The number of halogens is 1. The van der Waals surface area contributed by atoms with Gasteiger partial charge in [0.25, 0.3) is 5.91 Å². The largest absolute Gasteiger partial charge is 0.369 e. The summed E-state index contributed by atoms with van der Waals surface area (Å²) in [7, 11) is 7.78. The highest BCUT2D eigenvalue weighted by Crippen LogP contribution is 2.31.